The van der Waals surface area contributed by atoms with Crippen molar-refractivity contribution in [3.05, 3.63) is 47.6 Å². The second-order valence-corrected chi connectivity index (χ2v) is 5.88. The van der Waals surface area contributed by atoms with Gasteiger partial charge in [0.2, 0.25) is 5.89 Å². The number of benzene rings is 1. The Morgan fingerprint density at radius 2 is 1.95 bits per heavy atom. The zero-order chi connectivity index (χ0) is 14.5. The average molecular weight is 285 g/mol. The number of aryl methyl sites for hydroxylation is 2. The van der Waals surface area contributed by atoms with E-state index in [9.17, 15) is 0 Å². The molecule has 1 aliphatic heterocycles. The van der Waals surface area contributed by atoms with Crippen LogP contribution in [0.3, 0.4) is 0 Å². The zero-order valence-electron chi connectivity index (χ0n) is 12.7. The maximum absolute atomic E-state index is 5.30. The molecule has 4 nitrogen and oxygen atoms in total. The van der Waals surface area contributed by atoms with Crippen molar-refractivity contribution >= 4 is 0 Å². The molecule has 3 rings (SSSR count). The topological polar surface area (TPSA) is 42.2 Å². The van der Waals surface area contributed by atoms with Gasteiger partial charge in [0.25, 0.3) is 0 Å². The number of aromatic nitrogens is 2. The van der Waals surface area contributed by atoms with E-state index in [1.165, 1.54) is 24.9 Å². The molecule has 2 heterocycles. The molecule has 112 valence electrons. The summed E-state index contributed by atoms with van der Waals surface area (Å²) in [5.41, 5.74) is 1.44. The van der Waals surface area contributed by atoms with Gasteiger partial charge in [-0.2, -0.15) is 4.98 Å². The lowest BCUT2D eigenvalue weighted by atomic mass is 9.96. The first-order valence-electron chi connectivity index (χ1n) is 7.88. The first-order chi connectivity index (χ1) is 10.3. The minimum Gasteiger partial charge on any atom is -0.339 e. The summed E-state index contributed by atoms with van der Waals surface area (Å²) in [4.78, 5) is 6.92. The molecule has 1 aromatic carbocycles. The van der Waals surface area contributed by atoms with Crippen LogP contribution < -0.4 is 0 Å². The third-order valence-corrected chi connectivity index (χ3v) is 4.26. The fraction of sp³-hybridized carbons (Fsp3) is 0.529. The van der Waals surface area contributed by atoms with Crippen molar-refractivity contribution in [2.45, 2.75) is 38.5 Å². The number of piperidine rings is 1. The molecule has 0 aliphatic carbocycles. The number of hydrogen-bond acceptors (Lipinski definition) is 4. The summed E-state index contributed by atoms with van der Waals surface area (Å²) in [7, 11) is 0. The van der Waals surface area contributed by atoms with Gasteiger partial charge in [-0.1, -0.05) is 35.5 Å². The van der Waals surface area contributed by atoms with E-state index in [0.29, 0.717) is 5.92 Å². The van der Waals surface area contributed by atoms with E-state index in [-0.39, 0.29) is 0 Å². The molecule has 0 spiro atoms. The highest BCUT2D eigenvalue weighted by atomic mass is 16.5. The maximum Gasteiger partial charge on any atom is 0.229 e. The van der Waals surface area contributed by atoms with Gasteiger partial charge in [-0.25, -0.2) is 0 Å². The Morgan fingerprint density at radius 3 is 2.62 bits per heavy atom. The summed E-state index contributed by atoms with van der Waals surface area (Å²) in [5, 5.41) is 3.89. The van der Waals surface area contributed by atoms with Gasteiger partial charge in [0.1, 0.15) is 0 Å². The van der Waals surface area contributed by atoms with Crippen LogP contribution in [-0.4, -0.2) is 34.7 Å². The van der Waals surface area contributed by atoms with Crippen LogP contribution in [0.4, 0.5) is 0 Å². The second kappa shape index (κ2) is 6.85. The van der Waals surface area contributed by atoms with E-state index in [4.69, 9.17) is 4.52 Å². The van der Waals surface area contributed by atoms with E-state index in [1.54, 1.807) is 0 Å². The molecule has 21 heavy (non-hydrogen) atoms. The molecule has 2 aromatic rings. The van der Waals surface area contributed by atoms with Crippen LogP contribution in [-0.2, 0) is 6.42 Å². The molecule has 0 amide bonds. The Morgan fingerprint density at radius 1 is 1.19 bits per heavy atom. The Kier molecular flexibility index (Phi) is 4.65. The molecule has 0 unspecified atom stereocenters. The van der Waals surface area contributed by atoms with Crippen molar-refractivity contribution < 1.29 is 4.52 Å². The van der Waals surface area contributed by atoms with E-state index in [1.807, 2.05) is 6.92 Å². The molecular weight excluding hydrogens is 262 g/mol. The first-order valence-corrected chi connectivity index (χ1v) is 7.88. The Bertz CT molecular complexity index is 544. The molecule has 0 saturated carbocycles. The molecule has 0 atom stereocenters. The molecule has 0 bridgehead atoms. The van der Waals surface area contributed by atoms with Crippen LogP contribution in [0, 0.1) is 6.92 Å². The van der Waals surface area contributed by atoms with Crippen LogP contribution in [0.5, 0.6) is 0 Å². The summed E-state index contributed by atoms with van der Waals surface area (Å²) in [6, 6.07) is 10.7. The van der Waals surface area contributed by atoms with Crippen molar-refractivity contribution in [3.63, 3.8) is 0 Å². The summed E-state index contributed by atoms with van der Waals surface area (Å²) in [5.74, 6) is 2.03. The Hall–Kier alpha value is -1.68. The predicted molar refractivity (Wildman–Crippen MR) is 82.2 cm³/mol. The SMILES string of the molecule is Cc1noc(C2CCN(CCCc3ccccc3)CC2)n1. The lowest BCUT2D eigenvalue weighted by Gasteiger charge is -2.30. The van der Waals surface area contributed by atoms with E-state index < -0.39 is 0 Å². The van der Waals surface area contributed by atoms with Gasteiger partial charge in [-0.3, -0.25) is 0 Å². The highest BCUT2D eigenvalue weighted by Gasteiger charge is 2.24. The number of likely N-dealkylation sites (tertiary alicyclic amines) is 1. The van der Waals surface area contributed by atoms with Gasteiger partial charge < -0.3 is 9.42 Å². The van der Waals surface area contributed by atoms with Crippen molar-refractivity contribution in [1.29, 1.82) is 0 Å². The molecule has 1 saturated heterocycles. The maximum atomic E-state index is 5.30. The van der Waals surface area contributed by atoms with Crippen molar-refractivity contribution in [1.82, 2.24) is 15.0 Å². The number of hydrogen-bond donors (Lipinski definition) is 0. The summed E-state index contributed by atoms with van der Waals surface area (Å²) in [6.07, 6.45) is 4.66. The smallest absolute Gasteiger partial charge is 0.229 e. The quantitative estimate of drug-likeness (QED) is 0.846. The fourth-order valence-corrected chi connectivity index (χ4v) is 3.03. The normalized spacial score (nSPS) is 17.2. The zero-order valence-corrected chi connectivity index (χ0v) is 12.7. The van der Waals surface area contributed by atoms with Crippen LogP contribution in [0.1, 0.15) is 42.5 Å². The van der Waals surface area contributed by atoms with Crippen molar-refractivity contribution in [2.75, 3.05) is 19.6 Å². The Labute approximate surface area is 126 Å². The van der Waals surface area contributed by atoms with Gasteiger partial charge in [0.15, 0.2) is 5.82 Å². The number of rotatable bonds is 5. The van der Waals surface area contributed by atoms with E-state index in [0.717, 1.165) is 37.6 Å². The third-order valence-electron chi connectivity index (χ3n) is 4.26. The third kappa shape index (κ3) is 3.91. The molecule has 0 N–H and O–H groups in total. The van der Waals surface area contributed by atoms with Crippen LogP contribution >= 0.6 is 0 Å². The minimum absolute atomic E-state index is 0.455. The van der Waals surface area contributed by atoms with E-state index in [2.05, 4.69) is 45.4 Å². The van der Waals surface area contributed by atoms with Crippen LogP contribution in [0.15, 0.2) is 34.9 Å². The van der Waals surface area contributed by atoms with Crippen LogP contribution in [0.2, 0.25) is 0 Å². The van der Waals surface area contributed by atoms with Gasteiger partial charge in [-0.05, 0) is 57.8 Å². The monoisotopic (exact) mass is 285 g/mol. The van der Waals surface area contributed by atoms with Gasteiger partial charge >= 0.3 is 0 Å². The molecule has 0 radical (unpaired) electrons. The van der Waals surface area contributed by atoms with E-state index >= 15 is 0 Å². The summed E-state index contributed by atoms with van der Waals surface area (Å²) in [6.45, 7) is 5.35. The van der Waals surface area contributed by atoms with Crippen molar-refractivity contribution in [3.8, 4) is 0 Å². The minimum atomic E-state index is 0.455. The lowest BCUT2D eigenvalue weighted by molar-refractivity contribution is 0.192. The molecule has 1 aromatic heterocycles. The number of nitrogens with zero attached hydrogens (tertiary/aromatic N) is 3. The standard InChI is InChI=1S/C17H23N3O/c1-14-18-17(21-19-14)16-9-12-20(13-10-16)11-5-8-15-6-3-2-4-7-15/h2-4,6-7,16H,5,8-13H2,1H3. The van der Waals surface area contributed by atoms with Gasteiger partial charge in [0.05, 0.1) is 0 Å². The molecule has 1 fully saturated rings. The van der Waals surface area contributed by atoms with Gasteiger partial charge in [0, 0.05) is 5.92 Å². The second-order valence-electron chi connectivity index (χ2n) is 5.88. The molecular formula is C17H23N3O. The highest BCUT2D eigenvalue weighted by molar-refractivity contribution is 5.14. The molecule has 1 aliphatic rings. The van der Waals surface area contributed by atoms with Crippen molar-refractivity contribution in [2.24, 2.45) is 0 Å². The average Bonchev–Trinajstić information content (AvgIpc) is 2.96. The fourth-order valence-electron chi connectivity index (χ4n) is 3.03. The predicted octanol–water partition coefficient (Wildman–Crippen LogP) is 3.19. The first kappa shape index (κ1) is 14.3. The lowest BCUT2D eigenvalue weighted by Crippen LogP contribution is -2.34. The van der Waals surface area contributed by atoms with Crippen LogP contribution in [0.25, 0.3) is 0 Å². The Balaban J connectivity index is 1.40. The largest absolute Gasteiger partial charge is 0.339 e. The summed E-state index contributed by atoms with van der Waals surface area (Å²) >= 11 is 0. The highest BCUT2D eigenvalue weighted by Crippen LogP contribution is 2.26. The summed E-state index contributed by atoms with van der Waals surface area (Å²) < 4.78 is 5.30. The molecule has 4 heteroatoms. The van der Waals surface area contributed by atoms with Gasteiger partial charge in [-0.15, -0.1) is 0 Å².